The van der Waals surface area contributed by atoms with Crippen LogP contribution >= 0.6 is 39.1 Å². The van der Waals surface area contributed by atoms with Crippen LogP contribution in [-0.2, 0) is 26.2 Å². The van der Waals surface area contributed by atoms with Gasteiger partial charge in [-0.15, -0.1) is 0 Å². The maximum atomic E-state index is 14.0. The molecule has 0 aliphatic rings. The van der Waals surface area contributed by atoms with Crippen LogP contribution < -0.4 is 9.62 Å². The molecular formula is C29H32BrCl2N3O4S. The van der Waals surface area contributed by atoms with Gasteiger partial charge in [-0.1, -0.05) is 62.9 Å². The molecular weight excluding hydrogens is 637 g/mol. The zero-order valence-corrected chi connectivity index (χ0v) is 26.8. The molecule has 40 heavy (non-hydrogen) atoms. The first-order valence-electron chi connectivity index (χ1n) is 12.5. The second kappa shape index (κ2) is 12.9. The largest absolute Gasteiger partial charge is 0.350 e. The highest BCUT2D eigenvalue weighted by atomic mass is 79.9. The minimum atomic E-state index is -4.15. The number of carbonyl (C=O) groups is 2. The van der Waals surface area contributed by atoms with Gasteiger partial charge in [-0.05, 0) is 88.7 Å². The third kappa shape index (κ3) is 8.22. The van der Waals surface area contributed by atoms with E-state index in [0.717, 1.165) is 14.3 Å². The van der Waals surface area contributed by atoms with E-state index >= 15 is 0 Å². The van der Waals surface area contributed by atoms with Gasteiger partial charge in [0.2, 0.25) is 11.8 Å². The molecule has 0 aliphatic carbocycles. The quantitative estimate of drug-likeness (QED) is 0.279. The molecule has 0 radical (unpaired) electrons. The van der Waals surface area contributed by atoms with E-state index in [4.69, 9.17) is 23.2 Å². The summed E-state index contributed by atoms with van der Waals surface area (Å²) in [6, 6.07) is 16.9. The normalized spacial score (nSPS) is 12.5. The van der Waals surface area contributed by atoms with Crippen molar-refractivity contribution >= 4 is 66.7 Å². The van der Waals surface area contributed by atoms with Gasteiger partial charge >= 0.3 is 0 Å². The van der Waals surface area contributed by atoms with E-state index in [1.165, 1.54) is 17.0 Å². The fourth-order valence-electron chi connectivity index (χ4n) is 3.86. The molecule has 214 valence electrons. The van der Waals surface area contributed by atoms with Crippen LogP contribution in [0, 0.1) is 6.92 Å². The first-order chi connectivity index (χ1) is 18.6. The minimum absolute atomic E-state index is 0.0354. The lowest BCUT2D eigenvalue weighted by molar-refractivity contribution is -0.140. The van der Waals surface area contributed by atoms with Gasteiger partial charge in [-0.2, -0.15) is 0 Å². The number of anilines is 1. The van der Waals surface area contributed by atoms with Crippen LogP contribution in [-0.4, -0.2) is 43.3 Å². The molecule has 0 bridgehead atoms. The average Bonchev–Trinajstić information content (AvgIpc) is 2.86. The molecule has 0 fully saturated rings. The topological polar surface area (TPSA) is 86.8 Å². The fourth-order valence-corrected chi connectivity index (χ4v) is 6.01. The summed E-state index contributed by atoms with van der Waals surface area (Å²) in [4.78, 5) is 28.5. The summed E-state index contributed by atoms with van der Waals surface area (Å²) in [5.41, 5.74) is 1.21. The maximum absolute atomic E-state index is 14.0. The Balaban J connectivity index is 2.05. The lowest BCUT2D eigenvalue weighted by atomic mass is 10.1. The molecule has 0 saturated carbocycles. The van der Waals surface area contributed by atoms with Gasteiger partial charge in [0.1, 0.15) is 12.6 Å². The molecule has 1 N–H and O–H groups in total. The molecule has 0 aromatic heterocycles. The molecule has 1 atom stereocenters. The van der Waals surface area contributed by atoms with Crippen molar-refractivity contribution in [3.05, 3.63) is 92.4 Å². The summed E-state index contributed by atoms with van der Waals surface area (Å²) in [7, 11) is -4.15. The molecule has 11 heteroatoms. The van der Waals surface area contributed by atoms with Crippen molar-refractivity contribution in [2.45, 2.75) is 57.6 Å². The Morgan fingerprint density at radius 3 is 2.12 bits per heavy atom. The van der Waals surface area contributed by atoms with Crippen molar-refractivity contribution in [1.29, 1.82) is 0 Å². The number of nitrogens with one attached hydrogen (secondary N) is 1. The predicted octanol–water partition coefficient (Wildman–Crippen LogP) is 6.59. The predicted molar refractivity (Wildman–Crippen MR) is 164 cm³/mol. The van der Waals surface area contributed by atoms with Gasteiger partial charge in [0, 0.05) is 26.6 Å². The smallest absolute Gasteiger partial charge is 0.264 e. The summed E-state index contributed by atoms with van der Waals surface area (Å²) in [6.07, 6.45) is 0. The number of rotatable bonds is 9. The number of carbonyl (C=O) groups excluding carboxylic acids is 2. The zero-order valence-electron chi connectivity index (χ0n) is 22.9. The Morgan fingerprint density at radius 1 is 0.975 bits per heavy atom. The van der Waals surface area contributed by atoms with E-state index in [1.54, 1.807) is 61.5 Å². The number of benzene rings is 3. The monoisotopic (exact) mass is 667 g/mol. The van der Waals surface area contributed by atoms with Crippen molar-refractivity contribution in [1.82, 2.24) is 10.2 Å². The molecule has 0 spiro atoms. The number of nitrogens with zero attached hydrogens (tertiary/aromatic N) is 2. The zero-order chi connectivity index (χ0) is 29.8. The van der Waals surface area contributed by atoms with Gasteiger partial charge in [-0.3, -0.25) is 13.9 Å². The first-order valence-corrected chi connectivity index (χ1v) is 15.5. The highest BCUT2D eigenvalue weighted by Crippen LogP contribution is 2.27. The van der Waals surface area contributed by atoms with E-state index in [1.807, 2.05) is 27.7 Å². The van der Waals surface area contributed by atoms with Gasteiger partial charge in [-0.25, -0.2) is 8.42 Å². The van der Waals surface area contributed by atoms with Crippen LogP contribution in [0.5, 0.6) is 0 Å². The summed E-state index contributed by atoms with van der Waals surface area (Å²) >= 11 is 15.8. The summed E-state index contributed by atoms with van der Waals surface area (Å²) in [6.45, 7) is 8.38. The fraction of sp³-hybridized carbons (Fsp3) is 0.310. The van der Waals surface area contributed by atoms with E-state index < -0.39 is 34.1 Å². The van der Waals surface area contributed by atoms with Crippen molar-refractivity contribution in [3.63, 3.8) is 0 Å². The molecule has 7 nitrogen and oxygen atoms in total. The van der Waals surface area contributed by atoms with Crippen LogP contribution in [0.3, 0.4) is 0 Å². The number of hydrogen-bond acceptors (Lipinski definition) is 4. The van der Waals surface area contributed by atoms with E-state index in [-0.39, 0.29) is 17.3 Å². The number of sulfonamides is 1. The standard InChI is InChI=1S/C29H32BrCl2N3O4S/c1-19-6-14-25(15-7-19)40(38,39)35(24-12-9-22(30)10-13-24)18-27(36)34(20(2)28(37)33-29(3,4)5)17-21-8-11-23(31)16-26(21)32/h6-16,20H,17-18H2,1-5H3,(H,33,37)/t20-/m1/s1. The Morgan fingerprint density at radius 2 is 1.57 bits per heavy atom. The van der Waals surface area contributed by atoms with Gasteiger partial charge in [0.25, 0.3) is 10.0 Å². The van der Waals surface area contributed by atoms with Gasteiger partial charge in [0.05, 0.1) is 10.6 Å². The number of halogens is 3. The third-order valence-electron chi connectivity index (χ3n) is 6.02. The van der Waals surface area contributed by atoms with Crippen molar-refractivity contribution < 1.29 is 18.0 Å². The van der Waals surface area contributed by atoms with Crippen LogP contribution in [0.2, 0.25) is 10.0 Å². The van der Waals surface area contributed by atoms with E-state index in [0.29, 0.717) is 21.3 Å². The third-order valence-corrected chi connectivity index (χ3v) is 8.93. The molecule has 2 amide bonds. The maximum Gasteiger partial charge on any atom is 0.264 e. The van der Waals surface area contributed by atoms with E-state index in [9.17, 15) is 18.0 Å². The number of amides is 2. The number of aryl methyl sites for hydroxylation is 1. The van der Waals surface area contributed by atoms with Crippen molar-refractivity contribution in [3.8, 4) is 0 Å². The Kier molecular flexibility index (Phi) is 10.3. The lowest BCUT2D eigenvalue weighted by Gasteiger charge is -2.33. The van der Waals surface area contributed by atoms with E-state index in [2.05, 4.69) is 21.2 Å². The molecule has 3 rings (SSSR count). The average molecular weight is 669 g/mol. The molecule has 3 aromatic carbocycles. The second-order valence-corrected chi connectivity index (χ2v) is 14.1. The minimum Gasteiger partial charge on any atom is -0.350 e. The molecule has 0 aliphatic heterocycles. The first kappa shape index (κ1) is 31.9. The van der Waals surface area contributed by atoms with Crippen LogP contribution in [0.15, 0.2) is 76.1 Å². The lowest BCUT2D eigenvalue weighted by Crippen LogP contribution is -2.54. The molecule has 0 saturated heterocycles. The Bertz CT molecular complexity index is 1470. The Hall–Kier alpha value is -2.59. The van der Waals surface area contributed by atoms with Crippen molar-refractivity contribution in [2.24, 2.45) is 0 Å². The highest BCUT2D eigenvalue weighted by Gasteiger charge is 2.33. The second-order valence-electron chi connectivity index (χ2n) is 10.5. The molecule has 3 aromatic rings. The van der Waals surface area contributed by atoms with Crippen LogP contribution in [0.25, 0.3) is 0 Å². The molecule has 0 heterocycles. The highest BCUT2D eigenvalue weighted by molar-refractivity contribution is 9.10. The SMILES string of the molecule is Cc1ccc(S(=O)(=O)N(CC(=O)N(Cc2ccc(Cl)cc2Cl)[C@H](C)C(=O)NC(C)(C)C)c2ccc(Br)cc2)cc1. The summed E-state index contributed by atoms with van der Waals surface area (Å²) < 4.78 is 29.5. The van der Waals surface area contributed by atoms with Gasteiger partial charge in [0.15, 0.2) is 0 Å². The summed E-state index contributed by atoms with van der Waals surface area (Å²) in [5, 5.41) is 3.64. The Labute approximate surface area is 254 Å². The summed E-state index contributed by atoms with van der Waals surface area (Å²) in [5.74, 6) is -0.969. The van der Waals surface area contributed by atoms with Crippen LogP contribution in [0.1, 0.15) is 38.8 Å². The van der Waals surface area contributed by atoms with Crippen molar-refractivity contribution in [2.75, 3.05) is 10.8 Å². The molecule has 0 unspecified atom stereocenters. The number of hydrogen-bond donors (Lipinski definition) is 1. The van der Waals surface area contributed by atoms with Gasteiger partial charge < -0.3 is 10.2 Å². The van der Waals surface area contributed by atoms with Crippen LogP contribution in [0.4, 0.5) is 5.69 Å².